The molecule has 0 spiro atoms. The van der Waals surface area contributed by atoms with Gasteiger partial charge in [-0.15, -0.1) is 0 Å². The van der Waals surface area contributed by atoms with Crippen LogP contribution in [-0.2, 0) is 6.54 Å². The van der Waals surface area contributed by atoms with E-state index in [1.165, 1.54) is 22.9 Å². The molecular weight excluding hydrogens is 323 g/mol. The first-order chi connectivity index (χ1) is 12.1. The molecule has 4 rings (SSSR count). The standard InChI is InChI=1S/C18H13FN4O2/c19-13-3-1-2-12(9-13)14-6-7-17(24)23(22-14)10-11-4-5-15-16(8-11)21-18(25)20-15/h1-9H,10H2,(H2,20,21,25). The van der Waals surface area contributed by atoms with Crippen molar-refractivity contribution in [1.29, 1.82) is 0 Å². The molecule has 0 saturated heterocycles. The van der Waals surface area contributed by atoms with E-state index in [2.05, 4.69) is 15.1 Å². The number of rotatable bonds is 3. The third kappa shape index (κ3) is 2.99. The van der Waals surface area contributed by atoms with E-state index in [0.29, 0.717) is 22.3 Å². The molecule has 6 nitrogen and oxygen atoms in total. The molecule has 4 aromatic rings. The second-order valence-electron chi connectivity index (χ2n) is 5.68. The monoisotopic (exact) mass is 336 g/mol. The Morgan fingerprint density at radius 1 is 0.960 bits per heavy atom. The lowest BCUT2D eigenvalue weighted by Gasteiger charge is -2.08. The summed E-state index contributed by atoms with van der Waals surface area (Å²) in [5, 5.41) is 4.32. The van der Waals surface area contributed by atoms with Crippen molar-refractivity contribution in [2.24, 2.45) is 0 Å². The van der Waals surface area contributed by atoms with E-state index in [-0.39, 0.29) is 23.6 Å². The van der Waals surface area contributed by atoms with Gasteiger partial charge in [0.05, 0.1) is 23.3 Å². The van der Waals surface area contributed by atoms with Crippen LogP contribution in [0.15, 0.2) is 64.2 Å². The molecule has 0 bridgehead atoms. The van der Waals surface area contributed by atoms with Crippen LogP contribution in [0.2, 0.25) is 0 Å². The Labute approximate surface area is 140 Å². The van der Waals surface area contributed by atoms with Crippen LogP contribution in [0.25, 0.3) is 22.3 Å². The molecule has 2 N–H and O–H groups in total. The van der Waals surface area contributed by atoms with Crippen molar-refractivity contribution in [2.45, 2.75) is 6.54 Å². The van der Waals surface area contributed by atoms with Crippen LogP contribution in [0, 0.1) is 5.82 Å². The van der Waals surface area contributed by atoms with Crippen LogP contribution in [0.5, 0.6) is 0 Å². The highest BCUT2D eigenvalue weighted by molar-refractivity contribution is 5.75. The number of hydrogen-bond acceptors (Lipinski definition) is 3. The maximum Gasteiger partial charge on any atom is 0.323 e. The van der Waals surface area contributed by atoms with Crippen molar-refractivity contribution in [3.05, 3.63) is 86.8 Å². The number of benzene rings is 2. The van der Waals surface area contributed by atoms with Gasteiger partial charge >= 0.3 is 5.69 Å². The number of nitrogens with zero attached hydrogens (tertiary/aromatic N) is 2. The van der Waals surface area contributed by atoms with Crippen molar-refractivity contribution in [1.82, 2.24) is 19.7 Å². The zero-order chi connectivity index (χ0) is 17.4. The molecule has 2 aromatic carbocycles. The summed E-state index contributed by atoms with van der Waals surface area (Å²) in [4.78, 5) is 28.8. The second-order valence-corrected chi connectivity index (χ2v) is 5.68. The van der Waals surface area contributed by atoms with Crippen LogP contribution in [-0.4, -0.2) is 19.7 Å². The minimum atomic E-state index is -0.362. The van der Waals surface area contributed by atoms with E-state index in [1.807, 2.05) is 6.07 Å². The summed E-state index contributed by atoms with van der Waals surface area (Å²) < 4.78 is 14.7. The second kappa shape index (κ2) is 5.86. The van der Waals surface area contributed by atoms with Crippen LogP contribution < -0.4 is 11.2 Å². The Balaban J connectivity index is 1.72. The smallest absolute Gasteiger partial charge is 0.306 e. The number of halogens is 1. The number of aromatic nitrogens is 4. The number of hydrogen-bond donors (Lipinski definition) is 2. The van der Waals surface area contributed by atoms with E-state index in [0.717, 1.165) is 5.56 Å². The SMILES string of the molecule is O=c1[nH]c2ccc(Cn3nc(-c4cccc(F)c4)ccc3=O)cc2[nH]1. The Bertz CT molecular complexity index is 1190. The van der Waals surface area contributed by atoms with Gasteiger partial charge in [0, 0.05) is 11.6 Å². The number of imidazole rings is 1. The molecule has 2 heterocycles. The van der Waals surface area contributed by atoms with Crippen LogP contribution >= 0.6 is 0 Å². The third-order valence-electron chi connectivity index (χ3n) is 3.90. The van der Waals surface area contributed by atoms with Gasteiger partial charge in [0.1, 0.15) is 5.82 Å². The largest absolute Gasteiger partial charge is 0.323 e. The molecule has 0 aliphatic carbocycles. The Hall–Kier alpha value is -3.48. The summed E-state index contributed by atoms with van der Waals surface area (Å²) in [6.07, 6.45) is 0. The van der Waals surface area contributed by atoms with Gasteiger partial charge in [0.25, 0.3) is 5.56 Å². The summed E-state index contributed by atoms with van der Waals surface area (Å²) >= 11 is 0. The predicted molar refractivity (Wildman–Crippen MR) is 91.9 cm³/mol. The molecule has 25 heavy (non-hydrogen) atoms. The van der Waals surface area contributed by atoms with E-state index in [4.69, 9.17) is 0 Å². The van der Waals surface area contributed by atoms with Gasteiger partial charge in [-0.05, 0) is 35.9 Å². The molecular formula is C18H13FN4O2. The molecule has 0 saturated carbocycles. The Morgan fingerprint density at radius 2 is 1.80 bits per heavy atom. The Kier molecular flexibility index (Phi) is 3.53. The summed E-state index contributed by atoms with van der Waals surface area (Å²) in [6.45, 7) is 0.241. The summed E-state index contributed by atoms with van der Waals surface area (Å²) in [6, 6.07) is 14.4. The average molecular weight is 336 g/mol. The molecule has 0 radical (unpaired) electrons. The lowest BCUT2D eigenvalue weighted by Crippen LogP contribution is -2.22. The highest BCUT2D eigenvalue weighted by Crippen LogP contribution is 2.17. The van der Waals surface area contributed by atoms with Crippen LogP contribution in [0.4, 0.5) is 4.39 Å². The molecule has 2 aromatic heterocycles. The fraction of sp³-hybridized carbons (Fsp3) is 0.0556. The van der Waals surface area contributed by atoms with Gasteiger partial charge in [-0.25, -0.2) is 13.9 Å². The average Bonchev–Trinajstić information content (AvgIpc) is 2.96. The number of H-pyrrole nitrogens is 2. The van der Waals surface area contributed by atoms with E-state index >= 15 is 0 Å². The van der Waals surface area contributed by atoms with E-state index < -0.39 is 0 Å². The minimum Gasteiger partial charge on any atom is -0.306 e. The maximum atomic E-state index is 13.4. The summed E-state index contributed by atoms with van der Waals surface area (Å²) in [5.41, 5.74) is 2.74. The van der Waals surface area contributed by atoms with Crippen LogP contribution in [0.3, 0.4) is 0 Å². The van der Waals surface area contributed by atoms with E-state index in [1.54, 1.807) is 30.3 Å². The molecule has 0 aliphatic rings. The van der Waals surface area contributed by atoms with Crippen molar-refractivity contribution in [3.63, 3.8) is 0 Å². The van der Waals surface area contributed by atoms with Gasteiger partial charge in [-0.3, -0.25) is 4.79 Å². The van der Waals surface area contributed by atoms with Gasteiger partial charge in [-0.1, -0.05) is 18.2 Å². The molecule has 0 atom stereocenters. The first-order valence-corrected chi connectivity index (χ1v) is 7.63. The highest BCUT2D eigenvalue weighted by atomic mass is 19.1. The first kappa shape index (κ1) is 15.1. The summed E-state index contributed by atoms with van der Waals surface area (Å²) in [5.74, 6) is -0.362. The molecule has 0 amide bonds. The third-order valence-corrected chi connectivity index (χ3v) is 3.90. The highest BCUT2D eigenvalue weighted by Gasteiger charge is 2.06. The van der Waals surface area contributed by atoms with Crippen molar-refractivity contribution in [3.8, 4) is 11.3 Å². The fourth-order valence-corrected chi connectivity index (χ4v) is 2.71. The zero-order valence-corrected chi connectivity index (χ0v) is 13.0. The zero-order valence-electron chi connectivity index (χ0n) is 13.0. The maximum absolute atomic E-state index is 13.4. The quantitative estimate of drug-likeness (QED) is 0.602. The first-order valence-electron chi connectivity index (χ1n) is 7.63. The van der Waals surface area contributed by atoms with Crippen molar-refractivity contribution < 1.29 is 4.39 Å². The lowest BCUT2D eigenvalue weighted by atomic mass is 10.1. The van der Waals surface area contributed by atoms with Gasteiger partial charge in [0.2, 0.25) is 0 Å². The molecule has 0 unspecified atom stereocenters. The van der Waals surface area contributed by atoms with Gasteiger partial charge < -0.3 is 9.97 Å². The van der Waals surface area contributed by atoms with E-state index in [9.17, 15) is 14.0 Å². The summed E-state index contributed by atoms with van der Waals surface area (Å²) in [7, 11) is 0. The van der Waals surface area contributed by atoms with Crippen molar-refractivity contribution in [2.75, 3.05) is 0 Å². The van der Waals surface area contributed by atoms with Crippen LogP contribution in [0.1, 0.15) is 5.56 Å². The number of nitrogens with one attached hydrogen (secondary N) is 2. The molecule has 7 heteroatoms. The number of fused-ring (bicyclic) bond motifs is 1. The molecule has 124 valence electrons. The molecule has 0 aliphatic heterocycles. The molecule has 0 fully saturated rings. The minimum absolute atomic E-state index is 0.241. The number of aromatic amines is 2. The topological polar surface area (TPSA) is 83.5 Å². The Morgan fingerprint density at radius 3 is 2.64 bits per heavy atom. The normalized spacial score (nSPS) is 11.1. The predicted octanol–water partition coefficient (Wildman–Crippen LogP) is 2.27. The fourth-order valence-electron chi connectivity index (χ4n) is 2.71. The van der Waals surface area contributed by atoms with Crippen molar-refractivity contribution >= 4 is 11.0 Å². The lowest BCUT2D eigenvalue weighted by molar-refractivity contribution is 0.626. The van der Waals surface area contributed by atoms with Gasteiger partial charge in [-0.2, -0.15) is 5.10 Å². The van der Waals surface area contributed by atoms with Gasteiger partial charge in [0.15, 0.2) is 0 Å².